The molecule has 1 aliphatic heterocycles. The van der Waals surface area contributed by atoms with E-state index in [0.717, 1.165) is 31.4 Å². The maximum Gasteiger partial charge on any atom is 0.350 e. The van der Waals surface area contributed by atoms with Crippen LogP contribution in [0.5, 0.6) is 0 Å². The maximum absolute atomic E-state index is 13.1. The van der Waals surface area contributed by atoms with E-state index in [0.29, 0.717) is 27.5 Å². The van der Waals surface area contributed by atoms with E-state index in [9.17, 15) is 14.0 Å². The fraction of sp³-hybridized carbons (Fsp3) is 0.500. The predicted molar refractivity (Wildman–Crippen MR) is 109 cm³/mol. The van der Waals surface area contributed by atoms with Gasteiger partial charge < -0.3 is 9.64 Å². The number of ether oxygens (including phenoxy) is 1. The number of aryl methyl sites for hydroxylation is 1. The number of carbonyl (C=O) groups is 2. The van der Waals surface area contributed by atoms with E-state index in [2.05, 4.69) is 4.98 Å². The third-order valence-electron chi connectivity index (χ3n) is 5.96. The molecule has 1 amide bonds. The lowest BCUT2D eigenvalue weighted by atomic mass is 9.78. The van der Waals surface area contributed by atoms with Crippen molar-refractivity contribution >= 4 is 23.2 Å². The molecule has 5 nitrogen and oxygen atoms in total. The molecule has 0 spiro atoms. The van der Waals surface area contributed by atoms with Gasteiger partial charge in [-0.2, -0.15) is 0 Å². The van der Waals surface area contributed by atoms with Crippen LogP contribution in [0.3, 0.4) is 0 Å². The summed E-state index contributed by atoms with van der Waals surface area (Å²) in [6, 6.07) is 6.28. The summed E-state index contributed by atoms with van der Waals surface area (Å²) in [5.41, 5.74) is 1.29. The van der Waals surface area contributed by atoms with E-state index in [1.807, 2.05) is 4.90 Å². The van der Waals surface area contributed by atoms with E-state index in [1.165, 1.54) is 42.7 Å². The molecule has 4 rings (SSSR count). The standard InChI is InChI=1S/C22H25FN2O3S/c1-14-20(29-21(24-14)16-8-10-17(23)11-9-16)22(27)28-13-19(26)25-12-4-6-15-5-2-3-7-18(15)25/h8-11,15,18H,2-7,12-13H2,1H3/t15-,18+/m1/s1. The molecular weight excluding hydrogens is 391 g/mol. The molecule has 7 heteroatoms. The number of halogens is 1. The first kappa shape index (κ1) is 20.0. The monoisotopic (exact) mass is 416 g/mol. The minimum absolute atomic E-state index is 0.101. The van der Waals surface area contributed by atoms with Crippen molar-refractivity contribution in [2.45, 2.75) is 51.5 Å². The number of rotatable bonds is 4. The van der Waals surface area contributed by atoms with Crippen LogP contribution in [0.25, 0.3) is 10.6 Å². The number of hydrogen-bond acceptors (Lipinski definition) is 5. The summed E-state index contributed by atoms with van der Waals surface area (Å²) in [6.07, 6.45) is 6.88. The molecule has 0 bridgehead atoms. The Morgan fingerprint density at radius 2 is 1.90 bits per heavy atom. The number of amides is 1. The second-order valence-electron chi connectivity index (χ2n) is 7.86. The van der Waals surface area contributed by atoms with Crippen LogP contribution in [0.15, 0.2) is 24.3 Å². The molecule has 154 valence electrons. The minimum Gasteiger partial charge on any atom is -0.451 e. The lowest BCUT2D eigenvalue weighted by Gasteiger charge is -2.44. The Kier molecular flexibility index (Phi) is 5.94. The SMILES string of the molecule is Cc1nc(-c2ccc(F)cc2)sc1C(=O)OCC(=O)N1CCC[C@H]2CCCC[C@@H]21. The predicted octanol–water partition coefficient (Wildman–Crippen LogP) is 4.60. The lowest BCUT2D eigenvalue weighted by molar-refractivity contribution is -0.140. The van der Waals surface area contributed by atoms with Crippen LogP contribution in [-0.2, 0) is 9.53 Å². The molecule has 29 heavy (non-hydrogen) atoms. The molecule has 1 aromatic carbocycles. The highest BCUT2D eigenvalue weighted by molar-refractivity contribution is 7.17. The zero-order chi connectivity index (χ0) is 20.4. The van der Waals surface area contributed by atoms with Crippen molar-refractivity contribution in [2.75, 3.05) is 13.2 Å². The Bertz CT molecular complexity index is 894. The van der Waals surface area contributed by atoms with Gasteiger partial charge in [0.25, 0.3) is 5.91 Å². The van der Waals surface area contributed by atoms with Gasteiger partial charge in [-0.05, 0) is 62.8 Å². The van der Waals surface area contributed by atoms with Crippen LogP contribution in [0.2, 0.25) is 0 Å². The summed E-state index contributed by atoms with van der Waals surface area (Å²) in [5, 5.41) is 0.627. The Labute approximate surface area is 173 Å². The van der Waals surface area contributed by atoms with Crippen molar-refractivity contribution in [3.05, 3.63) is 40.7 Å². The first-order chi connectivity index (χ1) is 14.0. The Morgan fingerprint density at radius 3 is 2.69 bits per heavy atom. The molecule has 1 aromatic heterocycles. The summed E-state index contributed by atoms with van der Waals surface area (Å²) in [4.78, 5) is 32.0. The zero-order valence-electron chi connectivity index (χ0n) is 16.5. The summed E-state index contributed by atoms with van der Waals surface area (Å²) in [6.45, 7) is 2.26. The molecule has 2 aromatic rings. The first-order valence-electron chi connectivity index (χ1n) is 10.2. The van der Waals surface area contributed by atoms with Gasteiger partial charge in [-0.15, -0.1) is 11.3 Å². The molecule has 2 aliphatic rings. The molecule has 1 aliphatic carbocycles. The maximum atomic E-state index is 13.1. The van der Waals surface area contributed by atoms with Crippen molar-refractivity contribution in [3.8, 4) is 10.6 Å². The Morgan fingerprint density at radius 1 is 1.17 bits per heavy atom. The zero-order valence-corrected chi connectivity index (χ0v) is 17.3. The molecule has 0 radical (unpaired) electrons. The molecule has 1 saturated carbocycles. The number of fused-ring (bicyclic) bond motifs is 1. The minimum atomic E-state index is -0.529. The van der Waals surface area contributed by atoms with Crippen LogP contribution in [0.4, 0.5) is 4.39 Å². The largest absolute Gasteiger partial charge is 0.451 e. The van der Waals surface area contributed by atoms with Crippen molar-refractivity contribution in [2.24, 2.45) is 5.92 Å². The van der Waals surface area contributed by atoms with Gasteiger partial charge >= 0.3 is 5.97 Å². The van der Waals surface area contributed by atoms with Crippen LogP contribution < -0.4 is 0 Å². The van der Waals surface area contributed by atoms with Crippen molar-refractivity contribution in [3.63, 3.8) is 0 Å². The number of carbonyl (C=O) groups excluding carboxylic acids is 2. The van der Waals surface area contributed by atoms with Crippen LogP contribution >= 0.6 is 11.3 Å². The van der Waals surface area contributed by atoms with Gasteiger partial charge in [0, 0.05) is 18.2 Å². The molecule has 0 N–H and O–H groups in total. The second-order valence-corrected chi connectivity index (χ2v) is 8.86. The van der Waals surface area contributed by atoms with Gasteiger partial charge in [-0.1, -0.05) is 12.8 Å². The van der Waals surface area contributed by atoms with Crippen molar-refractivity contribution in [1.29, 1.82) is 0 Å². The Hall–Kier alpha value is -2.28. The smallest absolute Gasteiger partial charge is 0.350 e. The molecule has 2 fully saturated rings. The number of thiazole rings is 1. The fourth-order valence-electron chi connectivity index (χ4n) is 4.51. The molecule has 2 atom stereocenters. The van der Waals surface area contributed by atoms with Crippen LogP contribution in [0.1, 0.15) is 53.9 Å². The first-order valence-corrected chi connectivity index (χ1v) is 11.0. The van der Waals surface area contributed by atoms with Crippen LogP contribution in [0, 0.1) is 18.7 Å². The number of benzene rings is 1. The van der Waals surface area contributed by atoms with Gasteiger partial charge in [0.2, 0.25) is 0 Å². The second kappa shape index (κ2) is 8.61. The lowest BCUT2D eigenvalue weighted by Crippen LogP contribution is -2.50. The number of likely N-dealkylation sites (tertiary alicyclic amines) is 1. The van der Waals surface area contributed by atoms with Gasteiger partial charge in [0.1, 0.15) is 15.7 Å². The molecular formula is C22H25FN2O3S. The highest BCUT2D eigenvalue weighted by Crippen LogP contribution is 2.35. The topological polar surface area (TPSA) is 59.5 Å². The van der Waals surface area contributed by atoms with Gasteiger partial charge in [-0.25, -0.2) is 14.2 Å². The number of nitrogens with zero attached hydrogens (tertiary/aromatic N) is 2. The van der Waals surface area contributed by atoms with E-state index in [1.54, 1.807) is 19.1 Å². The highest BCUT2D eigenvalue weighted by atomic mass is 32.1. The average molecular weight is 417 g/mol. The normalized spacial score (nSPS) is 21.5. The van der Waals surface area contributed by atoms with Crippen molar-refractivity contribution in [1.82, 2.24) is 9.88 Å². The summed E-state index contributed by atoms with van der Waals surface area (Å²) in [7, 11) is 0. The molecule has 1 saturated heterocycles. The fourth-order valence-corrected chi connectivity index (χ4v) is 5.48. The quantitative estimate of drug-likeness (QED) is 0.684. The number of esters is 1. The number of hydrogen-bond donors (Lipinski definition) is 0. The van der Waals surface area contributed by atoms with E-state index in [-0.39, 0.29) is 18.3 Å². The number of aromatic nitrogens is 1. The summed E-state index contributed by atoms with van der Waals surface area (Å²) < 4.78 is 18.5. The number of piperidine rings is 1. The van der Waals surface area contributed by atoms with E-state index < -0.39 is 5.97 Å². The van der Waals surface area contributed by atoms with Crippen molar-refractivity contribution < 1.29 is 18.7 Å². The van der Waals surface area contributed by atoms with Gasteiger partial charge in [0.15, 0.2) is 6.61 Å². The average Bonchev–Trinajstić information content (AvgIpc) is 3.13. The summed E-state index contributed by atoms with van der Waals surface area (Å²) in [5.74, 6) is -0.355. The Balaban J connectivity index is 1.39. The van der Waals surface area contributed by atoms with E-state index in [4.69, 9.17) is 4.74 Å². The van der Waals surface area contributed by atoms with Crippen LogP contribution in [-0.4, -0.2) is 41.0 Å². The molecule has 0 unspecified atom stereocenters. The third kappa shape index (κ3) is 4.34. The third-order valence-corrected chi connectivity index (χ3v) is 7.15. The molecule has 2 heterocycles. The van der Waals surface area contributed by atoms with Gasteiger partial charge in [-0.3, -0.25) is 4.79 Å². The van der Waals surface area contributed by atoms with Gasteiger partial charge in [0.05, 0.1) is 5.69 Å². The highest BCUT2D eigenvalue weighted by Gasteiger charge is 2.36. The van der Waals surface area contributed by atoms with E-state index >= 15 is 0 Å². The summed E-state index contributed by atoms with van der Waals surface area (Å²) >= 11 is 1.20.